The van der Waals surface area contributed by atoms with Crippen LogP contribution in [0.4, 0.5) is 0 Å². The molecule has 0 aromatic rings. The van der Waals surface area contributed by atoms with Crippen molar-refractivity contribution in [3.05, 3.63) is 0 Å². The van der Waals surface area contributed by atoms with E-state index < -0.39 is 14.6 Å². The van der Waals surface area contributed by atoms with Gasteiger partial charge in [0.1, 0.15) is 0 Å². The van der Waals surface area contributed by atoms with E-state index in [0.717, 1.165) is 0 Å². The van der Waals surface area contributed by atoms with Crippen molar-refractivity contribution < 1.29 is 24.7 Å². The number of hydrogen-bond acceptors (Lipinski definition) is 6. The molecule has 0 fully saturated rings. The van der Waals surface area contributed by atoms with Gasteiger partial charge in [-0.15, -0.1) is 0 Å². The second-order valence-corrected chi connectivity index (χ2v) is 1.24. The fourth-order valence-electron chi connectivity index (χ4n) is 0.109. The molecule has 0 spiro atoms. The lowest BCUT2D eigenvalue weighted by Crippen LogP contribution is -2.28. The molecule has 8 nitrogen and oxygen atoms in total. The van der Waals surface area contributed by atoms with Gasteiger partial charge in [-0.1, -0.05) is 0 Å². The molecule has 0 amide bonds. The van der Waals surface area contributed by atoms with Gasteiger partial charge in [0.2, 0.25) is 0 Å². The highest BCUT2D eigenvalue weighted by Gasteiger charge is 2.18. The van der Waals surface area contributed by atoms with Crippen LogP contribution < -0.4 is 11.5 Å². The molecule has 0 heterocycles. The summed E-state index contributed by atoms with van der Waals surface area (Å²) in [7, 11) is -4.25. The molecular weight excluding hydrogens is 156 g/mol. The summed E-state index contributed by atoms with van der Waals surface area (Å²) >= 11 is 0. The van der Waals surface area contributed by atoms with Gasteiger partial charge in [0, 0.05) is 0 Å². The molecule has 0 aromatic heterocycles. The molecule has 0 aliphatic heterocycles. The molecule has 0 radical (unpaired) electrons. The van der Waals surface area contributed by atoms with Gasteiger partial charge in [-0.2, -0.15) is 0 Å². The minimum Gasteiger partial charge on any atom is -0.402 e. The first-order valence-corrected chi connectivity index (χ1v) is 2.33. The molecule has 0 aromatic carbocycles. The van der Waals surface area contributed by atoms with Crippen molar-refractivity contribution in [1.82, 2.24) is 0 Å². The van der Waals surface area contributed by atoms with Crippen molar-refractivity contribution in [1.29, 1.82) is 5.41 Å². The van der Waals surface area contributed by atoms with E-state index >= 15 is 0 Å². The normalized spacial score (nSPS) is 7.64. The van der Waals surface area contributed by atoms with E-state index in [0.29, 0.717) is 0 Å². The van der Waals surface area contributed by atoms with E-state index in [4.69, 9.17) is 25.5 Å². The van der Waals surface area contributed by atoms with E-state index in [2.05, 4.69) is 16.0 Å². The molecule has 64 valence electrons. The molecule has 0 rings (SSSR count). The van der Waals surface area contributed by atoms with Gasteiger partial charge >= 0.3 is 14.6 Å². The largest absolute Gasteiger partial charge is 0.621 e. The van der Waals surface area contributed by atoms with Crippen LogP contribution in [0.15, 0.2) is 0 Å². The van der Waals surface area contributed by atoms with Crippen LogP contribution in [0.3, 0.4) is 0 Å². The smallest absolute Gasteiger partial charge is 0.402 e. The highest BCUT2D eigenvalue weighted by Crippen LogP contribution is 1.73. The maximum absolute atomic E-state index is 7.74. The monoisotopic (exact) mass is 165 g/mol. The molecule has 10 heteroatoms. The van der Waals surface area contributed by atoms with Crippen LogP contribution in [0.5, 0.6) is 0 Å². The standard InChI is InChI=1S/CH5N3.B2H4O5/c2-1(3)4;3-1(4)7-2(5)6/h(H5,2,3,4);3-6H. The predicted octanol–water partition coefficient (Wildman–Crippen LogP) is -4.22. The van der Waals surface area contributed by atoms with Crippen molar-refractivity contribution in [3.8, 4) is 0 Å². The summed E-state index contributed by atoms with van der Waals surface area (Å²) in [6.07, 6.45) is 0. The molecule has 0 saturated heterocycles. The van der Waals surface area contributed by atoms with Crippen LogP contribution >= 0.6 is 0 Å². The van der Waals surface area contributed by atoms with Crippen molar-refractivity contribution in [2.24, 2.45) is 11.5 Å². The maximum Gasteiger partial charge on any atom is 0.621 e. The highest BCUT2D eigenvalue weighted by atomic mass is 16.7. The first-order valence-electron chi connectivity index (χ1n) is 2.33. The van der Waals surface area contributed by atoms with Crippen LogP contribution in [0.1, 0.15) is 0 Å². The Kier molecular flexibility index (Phi) is 8.53. The molecule has 0 saturated carbocycles. The Bertz CT molecular complexity index is 97.9. The Morgan fingerprint density at radius 3 is 1.27 bits per heavy atom. The van der Waals surface area contributed by atoms with E-state index in [-0.39, 0.29) is 5.96 Å². The zero-order valence-corrected chi connectivity index (χ0v) is 5.51. The lowest BCUT2D eigenvalue weighted by molar-refractivity contribution is 0.213. The quantitative estimate of drug-likeness (QED) is 0.123. The average Bonchev–Trinajstić information content (AvgIpc) is 1.56. The average molecular weight is 165 g/mol. The van der Waals surface area contributed by atoms with E-state index in [1.807, 2.05) is 0 Å². The van der Waals surface area contributed by atoms with Gasteiger partial charge in [-0.25, -0.2) is 0 Å². The Morgan fingerprint density at radius 2 is 1.27 bits per heavy atom. The number of nitrogens with two attached hydrogens (primary N) is 2. The summed E-state index contributed by atoms with van der Waals surface area (Å²) in [6.45, 7) is 0. The van der Waals surface area contributed by atoms with Crippen LogP contribution in [0.2, 0.25) is 0 Å². The van der Waals surface area contributed by atoms with Crippen molar-refractivity contribution in [2.75, 3.05) is 0 Å². The summed E-state index contributed by atoms with van der Waals surface area (Å²) in [4.78, 5) is 0. The molecule has 11 heavy (non-hydrogen) atoms. The maximum atomic E-state index is 7.74. The summed E-state index contributed by atoms with van der Waals surface area (Å²) in [6, 6.07) is 0. The summed E-state index contributed by atoms with van der Waals surface area (Å²) in [5.74, 6) is -0.333. The Labute approximate surface area is 63.3 Å². The first kappa shape index (κ1) is 12.8. The zero-order chi connectivity index (χ0) is 9.44. The molecule has 0 atom stereocenters. The SMILES string of the molecule is N=C(N)N.OB(O)OB(O)O. The number of rotatable bonds is 2. The summed E-state index contributed by atoms with van der Waals surface area (Å²) < 4.78 is 3.47. The van der Waals surface area contributed by atoms with Crippen LogP contribution in [-0.2, 0) is 4.57 Å². The van der Waals surface area contributed by atoms with Gasteiger partial charge in [-0.3, -0.25) is 5.41 Å². The molecular formula is CH9B2N3O5. The minimum absolute atomic E-state index is 0.333. The van der Waals surface area contributed by atoms with E-state index in [1.165, 1.54) is 0 Å². The number of guanidine groups is 1. The van der Waals surface area contributed by atoms with Crippen molar-refractivity contribution >= 4 is 20.6 Å². The van der Waals surface area contributed by atoms with Crippen molar-refractivity contribution in [2.45, 2.75) is 0 Å². The highest BCUT2D eigenvalue weighted by molar-refractivity contribution is 6.48. The third-order valence-corrected chi connectivity index (χ3v) is 0.243. The summed E-state index contributed by atoms with van der Waals surface area (Å²) in [5.41, 5.74) is 8.94. The van der Waals surface area contributed by atoms with Gasteiger partial charge < -0.3 is 36.1 Å². The molecule has 0 aliphatic carbocycles. The zero-order valence-electron chi connectivity index (χ0n) is 5.51. The van der Waals surface area contributed by atoms with Gasteiger partial charge in [0.15, 0.2) is 5.96 Å². The first-order chi connectivity index (χ1) is 4.86. The second-order valence-electron chi connectivity index (χ2n) is 1.24. The fourth-order valence-corrected chi connectivity index (χ4v) is 0.109. The fraction of sp³-hybridized carbons (Fsp3) is 0. The Balaban J connectivity index is 0. The summed E-state index contributed by atoms with van der Waals surface area (Å²) in [5, 5.41) is 37.0. The lowest BCUT2D eigenvalue weighted by Gasteiger charge is -1.95. The van der Waals surface area contributed by atoms with E-state index in [9.17, 15) is 0 Å². The van der Waals surface area contributed by atoms with Crippen LogP contribution in [-0.4, -0.2) is 40.7 Å². The minimum atomic E-state index is -2.13. The van der Waals surface area contributed by atoms with Crippen LogP contribution in [0.25, 0.3) is 0 Å². The van der Waals surface area contributed by atoms with Gasteiger partial charge in [0.25, 0.3) is 0 Å². The molecule has 0 aliphatic rings. The predicted molar refractivity (Wildman–Crippen MR) is 37.6 cm³/mol. The van der Waals surface area contributed by atoms with Crippen LogP contribution in [0, 0.1) is 5.41 Å². The third kappa shape index (κ3) is 46.6. The topological polar surface area (TPSA) is 166 Å². The third-order valence-electron chi connectivity index (χ3n) is 0.243. The van der Waals surface area contributed by atoms with Gasteiger partial charge in [-0.05, 0) is 0 Å². The second kappa shape index (κ2) is 7.31. The number of hydrogen-bond donors (Lipinski definition) is 7. The van der Waals surface area contributed by atoms with Crippen molar-refractivity contribution in [3.63, 3.8) is 0 Å². The molecule has 0 unspecified atom stereocenters. The van der Waals surface area contributed by atoms with Gasteiger partial charge in [0.05, 0.1) is 0 Å². The number of nitrogens with one attached hydrogen (secondary N) is 1. The lowest BCUT2D eigenvalue weighted by atomic mass is 10.1. The Morgan fingerprint density at radius 1 is 1.09 bits per heavy atom. The molecule has 9 N–H and O–H groups in total. The van der Waals surface area contributed by atoms with E-state index in [1.54, 1.807) is 0 Å². The Hall–Kier alpha value is -0.800. The molecule has 0 bridgehead atoms.